The molecule has 110 valence electrons. The van der Waals surface area contributed by atoms with Crippen LogP contribution in [0, 0.1) is 6.92 Å². The quantitative estimate of drug-likeness (QED) is 0.771. The number of rotatable bonds is 3. The third-order valence-corrected chi connectivity index (χ3v) is 3.76. The van der Waals surface area contributed by atoms with Gasteiger partial charge in [0.25, 0.3) is 11.5 Å². The summed E-state index contributed by atoms with van der Waals surface area (Å²) in [5.41, 5.74) is -0.451. The molecule has 3 N–H and O–H groups in total. The van der Waals surface area contributed by atoms with Crippen molar-refractivity contribution in [2.75, 3.05) is 11.9 Å². The maximum Gasteiger partial charge on any atom is 0.340 e. The standard InChI is InChI=1S/C12H11N3O5S/c1-5-9(12(19)20)11(21-14-5)15(2)10(18)6-3-7(16)13-8(17)4-6/h3-4H,1-2H3,(H,19,20)(H2,13,16,17). The molecule has 21 heavy (non-hydrogen) atoms. The number of carbonyl (C=O) groups excluding carboxylic acids is 1. The highest BCUT2D eigenvalue weighted by Gasteiger charge is 2.25. The molecular formula is C12H11N3O5S. The number of anilines is 1. The van der Waals surface area contributed by atoms with Crippen molar-refractivity contribution >= 4 is 28.4 Å². The highest BCUT2D eigenvalue weighted by atomic mass is 32.1. The summed E-state index contributed by atoms with van der Waals surface area (Å²) < 4.78 is 3.92. The number of amides is 1. The van der Waals surface area contributed by atoms with Crippen LogP contribution in [0.15, 0.2) is 16.9 Å². The van der Waals surface area contributed by atoms with E-state index in [-0.39, 0.29) is 16.1 Å². The Balaban J connectivity index is 2.44. The van der Waals surface area contributed by atoms with Crippen LogP contribution < -0.4 is 10.5 Å². The summed E-state index contributed by atoms with van der Waals surface area (Å²) in [7, 11) is 1.37. The van der Waals surface area contributed by atoms with Crippen molar-refractivity contribution in [3.63, 3.8) is 0 Å². The molecule has 0 aliphatic carbocycles. The average molecular weight is 309 g/mol. The van der Waals surface area contributed by atoms with Crippen LogP contribution in [0.4, 0.5) is 5.00 Å². The van der Waals surface area contributed by atoms with E-state index in [1.165, 1.54) is 14.0 Å². The summed E-state index contributed by atoms with van der Waals surface area (Å²) in [5, 5.41) is 18.6. The zero-order valence-electron chi connectivity index (χ0n) is 11.1. The second kappa shape index (κ2) is 5.37. The minimum atomic E-state index is -1.19. The van der Waals surface area contributed by atoms with Crippen LogP contribution in [-0.2, 0) is 0 Å². The van der Waals surface area contributed by atoms with E-state index >= 15 is 0 Å². The minimum Gasteiger partial charge on any atom is -0.494 e. The molecule has 0 bridgehead atoms. The second-order valence-corrected chi connectivity index (χ2v) is 4.99. The van der Waals surface area contributed by atoms with Gasteiger partial charge in [0.05, 0.1) is 11.3 Å². The molecule has 8 nitrogen and oxygen atoms in total. The summed E-state index contributed by atoms with van der Waals surface area (Å²) in [4.78, 5) is 37.9. The molecule has 0 aliphatic heterocycles. The number of aryl methyl sites for hydroxylation is 1. The van der Waals surface area contributed by atoms with Crippen LogP contribution in [0.3, 0.4) is 0 Å². The van der Waals surface area contributed by atoms with Gasteiger partial charge < -0.3 is 15.1 Å². The van der Waals surface area contributed by atoms with Crippen molar-refractivity contribution in [3.8, 4) is 5.88 Å². The number of hydrogen-bond donors (Lipinski definition) is 3. The Labute approximate surface area is 122 Å². The lowest BCUT2D eigenvalue weighted by Gasteiger charge is -2.15. The molecule has 0 fully saturated rings. The highest BCUT2D eigenvalue weighted by Crippen LogP contribution is 2.28. The first-order chi connectivity index (χ1) is 9.81. The topological polar surface area (TPSA) is 124 Å². The predicted molar refractivity (Wildman–Crippen MR) is 75.3 cm³/mol. The number of nitrogens with one attached hydrogen (secondary N) is 1. The maximum absolute atomic E-state index is 12.3. The lowest BCUT2D eigenvalue weighted by atomic mass is 10.2. The van der Waals surface area contributed by atoms with E-state index in [1.807, 2.05) is 0 Å². The Bertz CT molecular complexity index is 779. The number of nitrogens with zero attached hydrogens (tertiary/aromatic N) is 2. The molecule has 1 amide bonds. The number of H-pyrrole nitrogens is 1. The first-order valence-corrected chi connectivity index (χ1v) is 6.49. The Morgan fingerprint density at radius 3 is 2.62 bits per heavy atom. The Kier molecular flexibility index (Phi) is 3.76. The van der Waals surface area contributed by atoms with Crippen molar-refractivity contribution in [2.45, 2.75) is 6.92 Å². The third-order valence-electron chi connectivity index (χ3n) is 2.74. The lowest BCUT2D eigenvalue weighted by Crippen LogP contribution is -2.28. The maximum atomic E-state index is 12.3. The van der Waals surface area contributed by atoms with Gasteiger partial charge in [-0.3, -0.25) is 14.6 Å². The van der Waals surface area contributed by atoms with Crippen molar-refractivity contribution in [1.29, 1.82) is 0 Å². The van der Waals surface area contributed by atoms with Crippen LogP contribution in [0.1, 0.15) is 26.4 Å². The van der Waals surface area contributed by atoms with E-state index < -0.39 is 23.3 Å². The Morgan fingerprint density at radius 2 is 2.05 bits per heavy atom. The Morgan fingerprint density at radius 1 is 1.38 bits per heavy atom. The van der Waals surface area contributed by atoms with E-state index in [1.54, 1.807) is 0 Å². The zero-order chi connectivity index (χ0) is 15.7. The number of aromatic nitrogens is 2. The molecule has 0 aliphatic rings. The van der Waals surface area contributed by atoms with Gasteiger partial charge in [-0.1, -0.05) is 0 Å². The average Bonchev–Trinajstić information content (AvgIpc) is 2.77. The molecule has 0 saturated carbocycles. The molecule has 0 atom stereocenters. The number of carboxylic acids is 1. The number of carbonyl (C=O) groups is 2. The van der Waals surface area contributed by atoms with Crippen molar-refractivity contribution in [3.05, 3.63) is 39.3 Å². The van der Waals surface area contributed by atoms with Crippen molar-refractivity contribution in [2.24, 2.45) is 0 Å². The number of carboxylic acid groups (broad SMARTS) is 1. The number of aromatic carboxylic acids is 1. The smallest absolute Gasteiger partial charge is 0.340 e. The van der Waals surface area contributed by atoms with E-state index in [0.29, 0.717) is 5.69 Å². The monoisotopic (exact) mass is 309 g/mol. The number of aromatic hydroxyl groups is 1. The van der Waals surface area contributed by atoms with Gasteiger partial charge in [0.1, 0.15) is 10.6 Å². The molecule has 2 heterocycles. The minimum absolute atomic E-state index is 0.0545. The van der Waals surface area contributed by atoms with Crippen LogP contribution in [0.25, 0.3) is 0 Å². The molecule has 0 saturated heterocycles. The summed E-state index contributed by atoms with van der Waals surface area (Å²) >= 11 is 0.870. The molecule has 9 heteroatoms. The summed E-state index contributed by atoms with van der Waals surface area (Å²) in [6.45, 7) is 1.53. The van der Waals surface area contributed by atoms with Gasteiger partial charge in [0.15, 0.2) is 5.88 Å². The fraction of sp³-hybridized carbons (Fsp3) is 0.167. The highest BCUT2D eigenvalue weighted by molar-refractivity contribution is 7.11. The molecule has 2 aromatic rings. The van der Waals surface area contributed by atoms with Crippen LogP contribution in [-0.4, -0.2) is 38.5 Å². The van der Waals surface area contributed by atoms with Crippen molar-refractivity contribution < 1.29 is 19.8 Å². The van der Waals surface area contributed by atoms with E-state index in [4.69, 9.17) is 5.11 Å². The lowest BCUT2D eigenvalue weighted by molar-refractivity contribution is 0.0697. The van der Waals surface area contributed by atoms with E-state index in [2.05, 4.69) is 9.36 Å². The van der Waals surface area contributed by atoms with Gasteiger partial charge in [-0.25, -0.2) is 4.79 Å². The first-order valence-electron chi connectivity index (χ1n) is 5.72. The van der Waals surface area contributed by atoms with Gasteiger partial charge >= 0.3 is 5.97 Å². The normalized spacial score (nSPS) is 10.4. The van der Waals surface area contributed by atoms with E-state index in [0.717, 1.165) is 28.6 Å². The SMILES string of the molecule is Cc1nsc(N(C)C(=O)c2cc(O)[nH]c(=O)c2)c1C(=O)O. The molecule has 0 spiro atoms. The van der Waals surface area contributed by atoms with Gasteiger partial charge in [0, 0.05) is 19.2 Å². The van der Waals surface area contributed by atoms with Crippen molar-refractivity contribution in [1.82, 2.24) is 9.36 Å². The molecule has 0 aromatic carbocycles. The number of hydrogen-bond acceptors (Lipinski definition) is 6. The molecule has 2 aromatic heterocycles. The molecular weight excluding hydrogens is 298 g/mol. The summed E-state index contributed by atoms with van der Waals surface area (Å²) in [5.74, 6) is -2.26. The largest absolute Gasteiger partial charge is 0.494 e. The first kappa shape index (κ1) is 14.7. The van der Waals surface area contributed by atoms with E-state index in [9.17, 15) is 19.5 Å². The number of pyridine rings is 1. The van der Waals surface area contributed by atoms with Gasteiger partial charge in [-0.15, -0.1) is 0 Å². The van der Waals surface area contributed by atoms with Gasteiger partial charge in [0.2, 0.25) is 0 Å². The molecule has 0 radical (unpaired) electrons. The second-order valence-electron chi connectivity index (χ2n) is 4.24. The zero-order valence-corrected chi connectivity index (χ0v) is 11.9. The molecule has 2 rings (SSSR count). The Hall–Kier alpha value is -2.68. The van der Waals surface area contributed by atoms with Crippen LogP contribution in [0.2, 0.25) is 0 Å². The summed E-state index contributed by atoms with van der Waals surface area (Å²) in [6, 6.07) is 2.11. The van der Waals surface area contributed by atoms with Gasteiger partial charge in [-0.2, -0.15) is 4.37 Å². The number of aromatic amines is 1. The molecule has 0 unspecified atom stereocenters. The third kappa shape index (κ3) is 2.77. The van der Waals surface area contributed by atoms with Crippen LogP contribution in [0.5, 0.6) is 5.88 Å². The fourth-order valence-corrected chi connectivity index (χ4v) is 2.62. The summed E-state index contributed by atoms with van der Waals surface area (Å²) in [6.07, 6.45) is 0. The van der Waals surface area contributed by atoms with Crippen LogP contribution >= 0.6 is 11.5 Å². The predicted octanol–water partition coefficient (Wildman–Crippen LogP) is 0.820. The van der Waals surface area contributed by atoms with Gasteiger partial charge in [-0.05, 0) is 18.5 Å². The fourth-order valence-electron chi connectivity index (χ4n) is 1.77.